The lowest BCUT2D eigenvalue weighted by Crippen LogP contribution is -2.33. The summed E-state index contributed by atoms with van der Waals surface area (Å²) in [6, 6.07) is 0. The fourth-order valence-electron chi connectivity index (χ4n) is 1.86. The smallest absolute Gasteiger partial charge is 0.317 e. The average molecular weight is 334 g/mol. The highest BCUT2D eigenvalue weighted by Gasteiger charge is 2.17. The molecule has 1 aromatic rings. The zero-order valence-corrected chi connectivity index (χ0v) is 13.1. The van der Waals surface area contributed by atoms with Gasteiger partial charge in [0.15, 0.2) is 0 Å². The number of rotatable bonds is 8. The molecule has 0 aliphatic rings. The van der Waals surface area contributed by atoms with Crippen molar-refractivity contribution in [1.29, 1.82) is 0 Å². The molecule has 0 saturated carbocycles. The summed E-state index contributed by atoms with van der Waals surface area (Å²) in [6.45, 7) is 6.30. The SMILES string of the molecule is CCn1nc(C)c(Br)c1CN(CCOC)CC(=O)O. The van der Waals surface area contributed by atoms with Crippen molar-refractivity contribution in [3.05, 3.63) is 15.9 Å². The number of methoxy groups -OCH3 is 1. The van der Waals surface area contributed by atoms with Gasteiger partial charge in [-0.05, 0) is 29.8 Å². The van der Waals surface area contributed by atoms with Crippen LogP contribution in [0.5, 0.6) is 0 Å². The maximum absolute atomic E-state index is 10.9. The first-order chi connectivity index (χ1) is 8.99. The molecule has 0 bridgehead atoms. The van der Waals surface area contributed by atoms with Crippen LogP contribution < -0.4 is 0 Å². The van der Waals surface area contributed by atoms with E-state index in [0.717, 1.165) is 22.4 Å². The summed E-state index contributed by atoms with van der Waals surface area (Å²) in [5.41, 5.74) is 1.91. The summed E-state index contributed by atoms with van der Waals surface area (Å²) in [4.78, 5) is 12.7. The van der Waals surface area contributed by atoms with Crippen molar-refractivity contribution >= 4 is 21.9 Å². The van der Waals surface area contributed by atoms with E-state index in [4.69, 9.17) is 9.84 Å². The number of halogens is 1. The van der Waals surface area contributed by atoms with Crippen LogP contribution in [0, 0.1) is 6.92 Å². The van der Waals surface area contributed by atoms with Crippen LogP contribution in [0.2, 0.25) is 0 Å². The normalized spacial score (nSPS) is 11.2. The first-order valence-electron chi connectivity index (χ1n) is 6.14. The van der Waals surface area contributed by atoms with Gasteiger partial charge in [0.05, 0.1) is 29.0 Å². The average Bonchev–Trinajstić information content (AvgIpc) is 2.63. The summed E-state index contributed by atoms with van der Waals surface area (Å²) in [5.74, 6) is -0.841. The first kappa shape index (κ1) is 16.1. The molecule has 0 fully saturated rings. The Bertz CT molecular complexity index is 434. The molecule has 0 saturated heterocycles. The van der Waals surface area contributed by atoms with E-state index in [1.807, 2.05) is 23.4 Å². The van der Waals surface area contributed by atoms with Gasteiger partial charge in [-0.15, -0.1) is 0 Å². The van der Waals surface area contributed by atoms with Crippen molar-refractivity contribution in [3.8, 4) is 0 Å². The fourth-order valence-corrected chi connectivity index (χ4v) is 2.27. The van der Waals surface area contributed by atoms with Crippen molar-refractivity contribution in [2.24, 2.45) is 0 Å². The van der Waals surface area contributed by atoms with Crippen LogP contribution in [-0.4, -0.2) is 52.6 Å². The molecular formula is C12H20BrN3O3. The van der Waals surface area contributed by atoms with E-state index in [9.17, 15) is 4.79 Å². The van der Waals surface area contributed by atoms with Gasteiger partial charge in [0.1, 0.15) is 0 Å². The maximum atomic E-state index is 10.9. The second-order valence-corrected chi connectivity index (χ2v) is 5.05. The van der Waals surface area contributed by atoms with Gasteiger partial charge in [0, 0.05) is 26.7 Å². The van der Waals surface area contributed by atoms with E-state index in [-0.39, 0.29) is 6.54 Å². The third-order valence-electron chi connectivity index (χ3n) is 2.80. The van der Waals surface area contributed by atoms with Crippen LogP contribution in [0.25, 0.3) is 0 Å². The standard InChI is InChI=1S/C12H20BrN3O3/c1-4-16-10(12(13)9(2)14-16)7-15(5-6-19-3)8-11(17)18/h4-8H2,1-3H3,(H,17,18). The maximum Gasteiger partial charge on any atom is 0.317 e. The van der Waals surface area contributed by atoms with E-state index >= 15 is 0 Å². The Kier molecular flexibility index (Phi) is 6.47. The van der Waals surface area contributed by atoms with Gasteiger partial charge in [-0.3, -0.25) is 14.4 Å². The molecule has 0 atom stereocenters. The molecule has 19 heavy (non-hydrogen) atoms. The minimum Gasteiger partial charge on any atom is -0.480 e. The van der Waals surface area contributed by atoms with Crippen LogP contribution in [0.15, 0.2) is 4.47 Å². The Morgan fingerprint density at radius 2 is 2.26 bits per heavy atom. The van der Waals surface area contributed by atoms with E-state index in [0.29, 0.717) is 19.7 Å². The molecule has 1 aromatic heterocycles. The van der Waals surface area contributed by atoms with Gasteiger partial charge >= 0.3 is 5.97 Å². The zero-order chi connectivity index (χ0) is 14.4. The molecule has 0 aromatic carbocycles. The monoisotopic (exact) mass is 333 g/mol. The van der Waals surface area contributed by atoms with Crippen LogP contribution in [0.4, 0.5) is 0 Å². The fraction of sp³-hybridized carbons (Fsp3) is 0.667. The third-order valence-corrected chi connectivity index (χ3v) is 3.83. The first-order valence-corrected chi connectivity index (χ1v) is 6.93. The number of aliphatic carboxylic acids is 1. The number of carboxylic acid groups (broad SMARTS) is 1. The topological polar surface area (TPSA) is 67.6 Å². The van der Waals surface area contributed by atoms with Gasteiger partial charge in [-0.25, -0.2) is 0 Å². The molecule has 0 aliphatic carbocycles. The van der Waals surface area contributed by atoms with Crippen molar-refractivity contribution in [2.75, 3.05) is 26.8 Å². The predicted octanol–water partition coefficient (Wildman–Crippen LogP) is 1.51. The summed E-state index contributed by atoms with van der Waals surface area (Å²) >= 11 is 3.52. The Labute approximate surface area is 121 Å². The Morgan fingerprint density at radius 3 is 2.79 bits per heavy atom. The Morgan fingerprint density at radius 1 is 1.58 bits per heavy atom. The van der Waals surface area contributed by atoms with E-state index in [1.165, 1.54) is 0 Å². The number of carbonyl (C=O) groups is 1. The number of carboxylic acids is 1. The molecular weight excluding hydrogens is 314 g/mol. The van der Waals surface area contributed by atoms with Crippen molar-refractivity contribution < 1.29 is 14.6 Å². The number of hydrogen-bond donors (Lipinski definition) is 1. The van der Waals surface area contributed by atoms with Gasteiger partial charge in [0.25, 0.3) is 0 Å². The molecule has 0 spiro atoms. The van der Waals surface area contributed by atoms with Crippen LogP contribution in [0.1, 0.15) is 18.3 Å². The molecule has 0 radical (unpaired) electrons. The van der Waals surface area contributed by atoms with Gasteiger partial charge < -0.3 is 9.84 Å². The lowest BCUT2D eigenvalue weighted by molar-refractivity contribution is -0.138. The quantitative estimate of drug-likeness (QED) is 0.780. The highest BCUT2D eigenvalue weighted by Crippen LogP contribution is 2.22. The molecule has 0 unspecified atom stereocenters. The van der Waals surface area contributed by atoms with Crippen molar-refractivity contribution in [3.63, 3.8) is 0 Å². The number of nitrogens with zero attached hydrogens (tertiary/aromatic N) is 3. The third kappa shape index (κ3) is 4.59. The largest absolute Gasteiger partial charge is 0.480 e. The molecule has 1 N–H and O–H groups in total. The molecule has 6 nitrogen and oxygen atoms in total. The highest BCUT2D eigenvalue weighted by atomic mass is 79.9. The molecule has 7 heteroatoms. The van der Waals surface area contributed by atoms with E-state index in [1.54, 1.807) is 7.11 Å². The number of hydrogen-bond acceptors (Lipinski definition) is 4. The Balaban J connectivity index is 2.85. The molecule has 108 valence electrons. The van der Waals surface area contributed by atoms with E-state index < -0.39 is 5.97 Å². The highest BCUT2D eigenvalue weighted by molar-refractivity contribution is 9.10. The summed E-state index contributed by atoms with van der Waals surface area (Å²) in [7, 11) is 1.61. The zero-order valence-electron chi connectivity index (χ0n) is 11.5. The molecule has 1 rings (SSSR count). The summed E-state index contributed by atoms with van der Waals surface area (Å²) in [5, 5.41) is 13.4. The lowest BCUT2D eigenvalue weighted by Gasteiger charge is -2.20. The van der Waals surface area contributed by atoms with Crippen molar-refractivity contribution in [1.82, 2.24) is 14.7 Å². The van der Waals surface area contributed by atoms with Gasteiger partial charge in [-0.1, -0.05) is 0 Å². The number of ether oxygens (including phenoxy) is 1. The Hall–Kier alpha value is -0.920. The van der Waals surface area contributed by atoms with Gasteiger partial charge in [-0.2, -0.15) is 5.10 Å². The van der Waals surface area contributed by atoms with Crippen LogP contribution in [0.3, 0.4) is 0 Å². The predicted molar refractivity (Wildman–Crippen MR) is 75.1 cm³/mol. The molecule has 0 aliphatic heterocycles. The lowest BCUT2D eigenvalue weighted by atomic mass is 10.3. The molecule has 1 heterocycles. The van der Waals surface area contributed by atoms with Crippen LogP contribution >= 0.6 is 15.9 Å². The van der Waals surface area contributed by atoms with Crippen LogP contribution in [-0.2, 0) is 22.6 Å². The minimum absolute atomic E-state index is 0.0102. The van der Waals surface area contributed by atoms with E-state index in [2.05, 4.69) is 21.0 Å². The number of aromatic nitrogens is 2. The summed E-state index contributed by atoms with van der Waals surface area (Å²) in [6.07, 6.45) is 0. The van der Waals surface area contributed by atoms with Crippen molar-refractivity contribution in [2.45, 2.75) is 26.9 Å². The second-order valence-electron chi connectivity index (χ2n) is 4.26. The second kappa shape index (κ2) is 7.62. The molecule has 0 amide bonds. The minimum atomic E-state index is -0.841. The summed E-state index contributed by atoms with van der Waals surface area (Å²) < 4.78 is 7.85. The van der Waals surface area contributed by atoms with Gasteiger partial charge in [0.2, 0.25) is 0 Å². The number of aryl methyl sites for hydroxylation is 2.